The highest BCUT2D eigenvalue weighted by molar-refractivity contribution is 6.34. The number of benzene rings is 1. The van der Waals surface area contributed by atoms with Crippen LogP contribution in [-0.2, 0) is 0 Å². The molecule has 0 amide bonds. The van der Waals surface area contributed by atoms with Gasteiger partial charge in [-0.25, -0.2) is 0 Å². The molecule has 3 heteroatoms. The Hall–Kier alpha value is -0.710. The molecule has 2 atom stereocenters. The zero-order valence-electron chi connectivity index (χ0n) is 9.63. The van der Waals surface area contributed by atoms with Crippen LogP contribution < -0.4 is 0 Å². The molecule has 1 saturated carbocycles. The molecule has 1 aromatic rings. The van der Waals surface area contributed by atoms with Gasteiger partial charge in [0.2, 0.25) is 0 Å². The van der Waals surface area contributed by atoms with Crippen LogP contribution in [0.15, 0.2) is 18.2 Å². The van der Waals surface area contributed by atoms with Crippen molar-refractivity contribution in [1.29, 1.82) is 5.26 Å². The fraction of sp³-hybridized carbons (Fsp3) is 0.500. The van der Waals surface area contributed by atoms with Gasteiger partial charge in [-0.15, -0.1) is 0 Å². The maximum absolute atomic E-state index is 8.89. The molecule has 17 heavy (non-hydrogen) atoms. The molecule has 0 radical (unpaired) electrons. The Labute approximate surface area is 112 Å². The summed E-state index contributed by atoms with van der Waals surface area (Å²) >= 11 is 12.1. The molecule has 2 rings (SSSR count). The van der Waals surface area contributed by atoms with Gasteiger partial charge >= 0.3 is 0 Å². The van der Waals surface area contributed by atoms with E-state index in [1.54, 1.807) is 6.07 Å². The van der Waals surface area contributed by atoms with Gasteiger partial charge in [-0.3, -0.25) is 0 Å². The van der Waals surface area contributed by atoms with Crippen LogP contribution in [0.2, 0.25) is 10.0 Å². The molecule has 90 valence electrons. The first-order valence-electron chi connectivity index (χ1n) is 6.03. The van der Waals surface area contributed by atoms with Gasteiger partial charge in [0.1, 0.15) is 0 Å². The molecule has 0 spiro atoms. The molecule has 0 heterocycles. The van der Waals surface area contributed by atoms with Gasteiger partial charge in [0.15, 0.2) is 0 Å². The predicted octanol–water partition coefficient (Wildman–Crippen LogP) is 5.18. The van der Waals surface area contributed by atoms with Crippen LogP contribution in [0.3, 0.4) is 0 Å². The second-order valence-electron chi connectivity index (χ2n) is 4.72. The maximum Gasteiger partial charge on any atom is 0.0624 e. The van der Waals surface area contributed by atoms with E-state index in [1.807, 2.05) is 12.1 Å². The molecule has 0 saturated heterocycles. The topological polar surface area (TPSA) is 23.8 Å². The molecule has 1 aliphatic rings. The highest BCUT2D eigenvalue weighted by atomic mass is 35.5. The number of hydrogen-bond donors (Lipinski definition) is 0. The Kier molecular flexibility index (Phi) is 4.31. The summed E-state index contributed by atoms with van der Waals surface area (Å²) in [4.78, 5) is 0. The summed E-state index contributed by atoms with van der Waals surface area (Å²) in [5, 5.41) is 10.3. The fourth-order valence-corrected chi connectivity index (χ4v) is 3.34. The molecule has 1 fully saturated rings. The van der Waals surface area contributed by atoms with Crippen molar-refractivity contribution in [2.45, 2.75) is 38.0 Å². The van der Waals surface area contributed by atoms with Crippen molar-refractivity contribution in [3.63, 3.8) is 0 Å². The highest BCUT2D eigenvalue weighted by Gasteiger charge is 2.26. The number of rotatable bonds is 2. The first kappa shape index (κ1) is 12.7. The quantitative estimate of drug-likeness (QED) is 0.724. The second kappa shape index (κ2) is 5.76. The number of nitrogens with zero attached hydrogens (tertiary/aromatic N) is 1. The van der Waals surface area contributed by atoms with Crippen molar-refractivity contribution in [1.82, 2.24) is 0 Å². The SMILES string of the molecule is N#CCC1CCCCC1c1cc(Cl)cc(Cl)c1. The van der Waals surface area contributed by atoms with Crippen LogP contribution >= 0.6 is 23.2 Å². The Bertz CT molecular complexity index is 416. The lowest BCUT2D eigenvalue weighted by Crippen LogP contribution is -2.17. The molecule has 0 N–H and O–H groups in total. The molecule has 0 bridgehead atoms. The standard InChI is InChI=1S/C14H15Cl2N/c15-12-7-11(8-13(16)9-12)14-4-2-1-3-10(14)5-6-17/h7-10,14H,1-5H2. The third-order valence-corrected chi connectivity index (χ3v) is 4.01. The summed E-state index contributed by atoms with van der Waals surface area (Å²) in [6.45, 7) is 0. The highest BCUT2D eigenvalue weighted by Crippen LogP contribution is 2.40. The summed E-state index contributed by atoms with van der Waals surface area (Å²) in [6, 6.07) is 8.05. The van der Waals surface area contributed by atoms with Gasteiger partial charge < -0.3 is 0 Å². The van der Waals surface area contributed by atoms with E-state index in [9.17, 15) is 0 Å². The van der Waals surface area contributed by atoms with E-state index in [1.165, 1.54) is 18.4 Å². The third-order valence-electron chi connectivity index (χ3n) is 3.58. The zero-order chi connectivity index (χ0) is 12.3. The molecule has 0 aromatic heterocycles. The first-order valence-corrected chi connectivity index (χ1v) is 6.79. The third kappa shape index (κ3) is 3.15. The molecule has 2 unspecified atom stereocenters. The van der Waals surface area contributed by atoms with Crippen molar-refractivity contribution >= 4 is 23.2 Å². The van der Waals surface area contributed by atoms with E-state index in [-0.39, 0.29) is 0 Å². The minimum atomic E-state index is 0.444. The minimum absolute atomic E-state index is 0.444. The number of halogens is 2. The van der Waals surface area contributed by atoms with Crippen molar-refractivity contribution in [3.05, 3.63) is 33.8 Å². The zero-order valence-corrected chi connectivity index (χ0v) is 11.1. The van der Waals surface area contributed by atoms with Gasteiger partial charge in [0.25, 0.3) is 0 Å². The van der Waals surface area contributed by atoms with Gasteiger partial charge in [-0.2, -0.15) is 5.26 Å². The van der Waals surface area contributed by atoms with Crippen molar-refractivity contribution in [2.75, 3.05) is 0 Å². The molecule has 0 aliphatic heterocycles. The predicted molar refractivity (Wildman–Crippen MR) is 71.4 cm³/mol. The van der Waals surface area contributed by atoms with Gasteiger partial charge in [0, 0.05) is 16.5 Å². The van der Waals surface area contributed by atoms with Gasteiger partial charge in [0.05, 0.1) is 6.07 Å². The maximum atomic E-state index is 8.89. The summed E-state index contributed by atoms with van der Waals surface area (Å²) in [7, 11) is 0. The molecule has 1 aliphatic carbocycles. The van der Waals surface area contributed by atoms with Crippen LogP contribution in [0, 0.1) is 17.2 Å². The van der Waals surface area contributed by atoms with Gasteiger partial charge in [-0.05, 0) is 48.4 Å². The second-order valence-corrected chi connectivity index (χ2v) is 5.59. The normalized spacial score (nSPS) is 24.3. The Morgan fingerprint density at radius 1 is 1.12 bits per heavy atom. The lowest BCUT2D eigenvalue weighted by atomic mass is 9.74. The summed E-state index contributed by atoms with van der Waals surface area (Å²) in [6.07, 6.45) is 5.38. The first-order chi connectivity index (χ1) is 8.20. The van der Waals surface area contributed by atoms with Crippen molar-refractivity contribution in [3.8, 4) is 6.07 Å². The molecular weight excluding hydrogens is 253 g/mol. The smallest absolute Gasteiger partial charge is 0.0624 e. The Morgan fingerprint density at radius 2 is 1.76 bits per heavy atom. The van der Waals surface area contributed by atoms with E-state index < -0.39 is 0 Å². The average molecular weight is 268 g/mol. The van der Waals surface area contributed by atoms with Crippen molar-refractivity contribution < 1.29 is 0 Å². The fourth-order valence-electron chi connectivity index (χ4n) is 2.80. The average Bonchev–Trinajstić information content (AvgIpc) is 2.29. The van der Waals surface area contributed by atoms with E-state index in [2.05, 4.69) is 6.07 Å². The van der Waals surface area contributed by atoms with Crippen LogP contribution in [0.25, 0.3) is 0 Å². The lowest BCUT2D eigenvalue weighted by molar-refractivity contribution is 0.312. The van der Waals surface area contributed by atoms with E-state index in [4.69, 9.17) is 28.5 Å². The van der Waals surface area contributed by atoms with Crippen molar-refractivity contribution in [2.24, 2.45) is 5.92 Å². The van der Waals surface area contributed by atoms with Gasteiger partial charge in [-0.1, -0.05) is 36.0 Å². The monoisotopic (exact) mass is 267 g/mol. The van der Waals surface area contributed by atoms with E-state index in [0.29, 0.717) is 28.3 Å². The van der Waals surface area contributed by atoms with Crippen LogP contribution in [0.1, 0.15) is 43.6 Å². The molecule has 1 aromatic carbocycles. The largest absolute Gasteiger partial charge is 0.198 e. The summed E-state index contributed by atoms with van der Waals surface area (Å²) in [5.41, 5.74) is 1.20. The molecule has 1 nitrogen and oxygen atoms in total. The molecular formula is C14H15Cl2N. The number of nitriles is 1. The van der Waals surface area contributed by atoms with E-state index >= 15 is 0 Å². The van der Waals surface area contributed by atoms with Crippen LogP contribution in [-0.4, -0.2) is 0 Å². The summed E-state index contributed by atoms with van der Waals surface area (Å²) < 4.78 is 0. The summed E-state index contributed by atoms with van der Waals surface area (Å²) in [5.74, 6) is 0.905. The van der Waals surface area contributed by atoms with Crippen LogP contribution in [0.5, 0.6) is 0 Å². The minimum Gasteiger partial charge on any atom is -0.198 e. The van der Waals surface area contributed by atoms with E-state index in [0.717, 1.165) is 12.8 Å². The lowest BCUT2D eigenvalue weighted by Gasteiger charge is -2.30. The number of hydrogen-bond acceptors (Lipinski definition) is 1. The van der Waals surface area contributed by atoms with Crippen LogP contribution in [0.4, 0.5) is 0 Å². The Balaban J connectivity index is 2.26. The Morgan fingerprint density at radius 3 is 2.41 bits per heavy atom.